The minimum absolute atomic E-state index is 0.306. The molecule has 0 amide bonds. The van der Waals surface area contributed by atoms with Crippen LogP contribution in [0.2, 0.25) is 0 Å². The fourth-order valence-corrected chi connectivity index (χ4v) is 3.67. The maximum Gasteiger partial charge on any atom is 0.303 e. The zero-order chi connectivity index (χ0) is 18.8. The number of carbonyl (C=O) groups is 1. The van der Waals surface area contributed by atoms with Gasteiger partial charge in [0.1, 0.15) is 5.72 Å². The number of ether oxygens (including phenoxy) is 1. The molecule has 0 aromatic rings. The van der Waals surface area contributed by atoms with Crippen LogP contribution >= 0.6 is 0 Å². The highest BCUT2D eigenvalue weighted by Gasteiger charge is 2.51. The van der Waals surface area contributed by atoms with E-state index in [1.807, 2.05) is 20.8 Å². The lowest BCUT2D eigenvalue weighted by Crippen LogP contribution is -2.49. The Balaban J connectivity index is 1.99. The largest absolute Gasteiger partial charge is 0.481 e. The number of carboxylic acids is 1. The molecule has 1 aliphatic heterocycles. The van der Waals surface area contributed by atoms with Gasteiger partial charge in [-0.15, -0.1) is 10.3 Å². The van der Waals surface area contributed by atoms with E-state index >= 15 is 0 Å². The monoisotopic (exact) mass is 356 g/mol. The van der Waals surface area contributed by atoms with Crippen LogP contribution in [-0.2, 0) is 14.7 Å². The van der Waals surface area contributed by atoms with Gasteiger partial charge in [0, 0.05) is 6.42 Å². The van der Waals surface area contributed by atoms with E-state index in [4.69, 9.17) is 9.84 Å². The number of unbranched alkanes of at least 4 members (excludes halogenated alkanes) is 9. The molecule has 0 bridgehead atoms. The van der Waals surface area contributed by atoms with E-state index < -0.39 is 17.2 Å². The number of aliphatic carboxylic acids is 1. The second kappa shape index (κ2) is 11.1. The van der Waals surface area contributed by atoms with E-state index in [2.05, 4.69) is 0 Å². The number of hydroxylamine groups is 2. The molecule has 0 aromatic carbocycles. The summed E-state index contributed by atoms with van der Waals surface area (Å²) in [6.45, 7) is 6.48. The zero-order valence-electron chi connectivity index (χ0n) is 16.5. The summed E-state index contributed by atoms with van der Waals surface area (Å²) in [7, 11) is 0. The van der Waals surface area contributed by atoms with Crippen molar-refractivity contribution in [2.45, 2.75) is 116 Å². The molecule has 1 heterocycles. The van der Waals surface area contributed by atoms with Crippen molar-refractivity contribution in [3.05, 3.63) is 0 Å². The lowest BCUT2D eigenvalue weighted by molar-refractivity contribution is -0.294. The van der Waals surface area contributed by atoms with Crippen LogP contribution in [0.4, 0.5) is 0 Å². The van der Waals surface area contributed by atoms with Crippen molar-refractivity contribution in [2.24, 2.45) is 0 Å². The second-order valence-corrected chi connectivity index (χ2v) is 8.12. The van der Waals surface area contributed by atoms with Gasteiger partial charge in [0.15, 0.2) is 0 Å². The molecular formula is C20H38NO4. The molecule has 1 atom stereocenters. The predicted molar refractivity (Wildman–Crippen MR) is 98.6 cm³/mol. The summed E-state index contributed by atoms with van der Waals surface area (Å²) in [5.41, 5.74) is -1.00. The van der Waals surface area contributed by atoms with Crippen molar-refractivity contribution >= 4 is 5.97 Å². The lowest BCUT2D eigenvalue weighted by Gasteiger charge is -2.34. The van der Waals surface area contributed by atoms with Gasteiger partial charge in [-0.2, -0.15) is 0 Å². The SMILES string of the molecule is CCC1(CCCCCCCCCCCCC(=O)O)OCC(C)(C)N1[O]. The molecule has 25 heavy (non-hydrogen) atoms. The number of hydrogen-bond donors (Lipinski definition) is 1. The third-order valence-electron chi connectivity index (χ3n) is 5.37. The number of carboxylic acid groups (broad SMARTS) is 1. The van der Waals surface area contributed by atoms with Gasteiger partial charge in [0.25, 0.3) is 0 Å². The Hall–Kier alpha value is -0.650. The van der Waals surface area contributed by atoms with Crippen LogP contribution in [-0.4, -0.2) is 34.0 Å². The Morgan fingerprint density at radius 3 is 1.84 bits per heavy atom. The predicted octanol–water partition coefficient (Wildman–Crippen LogP) is 5.31. The third-order valence-corrected chi connectivity index (χ3v) is 5.37. The van der Waals surface area contributed by atoms with Gasteiger partial charge >= 0.3 is 5.97 Å². The first-order chi connectivity index (χ1) is 11.8. The first-order valence-corrected chi connectivity index (χ1v) is 10.2. The van der Waals surface area contributed by atoms with Crippen LogP contribution < -0.4 is 0 Å². The molecule has 1 aliphatic rings. The first-order valence-electron chi connectivity index (χ1n) is 10.2. The Bertz CT molecular complexity index is 386. The lowest BCUT2D eigenvalue weighted by atomic mass is 9.98. The first kappa shape index (κ1) is 22.4. The summed E-state index contributed by atoms with van der Waals surface area (Å²) in [5.74, 6) is -0.684. The van der Waals surface area contributed by atoms with Crippen molar-refractivity contribution in [1.29, 1.82) is 0 Å². The number of hydrogen-bond acceptors (Lipinski definition) is 3. The molecule has 1 radical (unpaired) electrons. The molecule has 1 N–H and O–H groups in total. The Morgan fingerprint density at radius 2 is 1.44 bits per heavy atom. The van der Waals surface area contributed by atoms with Crippen molar-refractivity contribution in [3.8, 4) is 0 Å². The molecule has 1 unspecified atom stereocenters. The van der Waals surface area contributed by atoms with Crippen molar-refractivity contribution in [3.63, 3.8) is 0 Å². The van der Waals surface area contributed by atoms with Crippen molar-refractivity contribution in [2.75, 3.05) is 6.61 Å². The highest BCUT2D eigenvalue weighted by atomic mass is 16.6. The van der Waals surface area contributed by atoms with Gasteiger partial charge in [-0.05, 0) is 39.5 Å². The van der Waals surface area contributed by atoms with Crippen LogP contribution in [0.15, 0.2) is 0 Å². The van der Waals surface area contributed by atoms with E-state index in [0.29, 0.717) is 13.0 Å². The van der Waals surface area contributed by atoms with E-state index in [9.17, 15) is 10.0 Å². The molecule has 1 rings (SSSR count). The van der Waals surface area contributed by atoms with Crippen LogP contribution in [0.1, 0.15) is 104 Å². The Morgan fingerprint density at radius 1 is 0.960 bits per heavy atom. The molecule has 0 aliphatic carbocycles. The van der Waals surface area contributed by atoms with E-state index in [1.54, 1.807) is 0 Å². The Labute approximate surface area is 153 Å². The molecule has 0 saturated carbocycles. The van der Waals surface area contributed by atoms with Gasteiger partial charge in [0.2, 0.25) is 0 Å². The number of nitrogens with zero attached hydrogens (tertiary/aromatic N) is 1. The van der Waals surface area contributed by atoms with E-state index in [1.165, 1.54) is 37.2 Å². The fourth-order valence-electron chi connectivity index (χ4n) is 3.67. The molecule has 0 aromatic heterocycles. The number of rotatable bonds is 14. The molecular weight excluding hydrogens is 318 g/mol. The summed E-state index contributed by atoms with van der Waals surface area (Å²) in [6.07, 6.45) is 13.3. The van der Waals surface area contributed by atoms with Crippen LogP contribution in [0.5, 0.6) is 0 Å². The molecule has 1 saturated heterocycles. The van der Waals surface area contributed by atoms with Gasteiger partial charge in [-0.3, -0.25) is 4.79 Å². The fraction of sp³-hybridized carbons (Fsp3) is 0.950. The summed E-state index contributed by atoms with van der Waals surface area (Å²) in [4.78, 5) is 10.4. The van der Waals surface area contributed by atoms with Crippen molar-refractivity contribution < 1.29 is 19.8 Å². The minimum Gasteiger partial charge on any atom is -0.481 e. The second-order valence-electron chi connectivity index (χ2n) is 8.12. The topological polar surface area (TPSA) is 69.7 Å². The summed E-state index contributed by atoms with van der Waals surface area (Å²) >= 11 is 0. The highest BCUT2D eigenvalue weighted by Crippen LogP contribution is 2.39. The summed E-state index contributed by atoms with van der Waals surface area (Å²) < 4.78 is 5.90. The van der Waals surface area contributed by atoms with E-state index in [-0.39, 0.29) is 0 Å². The van der Waals surface area contributed by atoms with Gasteiger partial charge in [-0.25, -0.2) is 0 Å². The summed E-state index contributed by atoms with van der Waals surface area (Å²) in [6, 6.07) is 0. The molecule has 1 fully saturated rings. The quantitative estimate of drug-likeness (QED) is 0.428. The highest BCUT2D eigenvalue weighted by molar-refractivity contribution is 5.66. The average molecular weight is 357 g/mol. The van der Waals surface area contributed by atoms with Gasteiger partial charge in [0.05, 0.1) is 12.1 Å². The minimum atomic E-state index is -0.684. The molecule has 0 spiro atoms. The van der Waals surface area contributed by atoms with Crippen LogP contribution in [0, 0.1) is 0 Å². The van der Waals surface area contributed by atoms with Crippen LogP contribution in [0.25, 0.3) is 0 Å². The Kier molecular flexibility index (Phi) is 9.98. The molecule has 5 nitrogen and oxygen atoms in total. The van der Waals surface area contributed by atoms with Gasteiger partial charge in [-0.1, -0.05) is 58.3 Å². The summed E-state index contributed by atoms with van der Waals surface area (Å²) in [5, 5.41) is 22.3. The third kappa shape index (κ3) is 7.63. The van der Waals surface area contributed by atoms with Gasteiger partial charge < -0.3 is 9.84 Å². The van der Waals surface area contributed by atoms with E-state index in [0.717, 1.165) is 44.9 Å². The van der Waals surface area contributed by atoms with Crippen LogP contribution in [0.3, 0.4) is 0 Å². The smallest absolute Gasteiger partial charge is 0.303 e. The zero-order valence-corrected chi connectivity index (χ0v) is 16.5. The van der Waals surface area contributed by atoms with Crippen molar-refractivity contribution in [1.82, 2.24) is 5.06 Å². The maximum absolute atomic E-state index is 12.5. The normalized spacial score (nSPS) is 23.2. The maximum atomic E-state index is 12.5. The average Bonchev–Trinajstić information content (AvgIpc) is 2.80. The molecule has 5 heteroatoms. The standard InChI is InChI=1S/C20H38NO4/c1-4-20(21(24)19(2,3)17-25-20)16-14-12-10-8-6-5-7-9-11-13-15-18(22)23/h4-17H2,1-3H3,(H,22,23). The molecule has 147 valence electrons.